The molecular formula is C14H10F3NS. The van der Waals surface area contributed by atoms with Gasteiger partial charge in [0.1, 0.15) is 0 Å². The number of nitrogens with zero attached hydrogens (tertiary/aromatic N) is 1. The van der Waals surface area contributed by atoms with Crippen LogP contribution in [0, 0.1) is 0 Å². The predicted octanol–water partition coefficient (Wildman–Crippen LogP) is 4.46. The van der Waals surface area contributed by atoms with E-state index in [1.54, 1.807) is 6.07 Å². The van der Waals surface area contributed by atoms with E-state index in [-0.39, 0.29) is 0 Å². The molecule has 1 aromatic carbocycles. The fourth-order valence-corrected chi connectivity index (χ4v) is 3.02. The standard InChI is InChI=1S/C14H10F3NS/c15-14(16,17)11-4-1-3-10(9-11)12-5-2-6-18-7-8-19-13(12)18/h1-5,7-9H,6H2. The van der Waals surface area contributed by atoms with Gasteiger partial charge in [-0.1, -0.05) is 36.0 Å². The summed E-state index contributed by atoms with van der Waals surface area (Å²) in [5.41, 5.74) is 0.828. The zero-order chi connectivity index (χ0) is 13.5. The SMILES string of the molecule is FC(F)(F)c1cccc(C2=C3SC=CN3CC=C2)c1. The second-order valence-electron chi connectivity index (χ2n) is 4.26. The zero-order valence-corrected chi connectivity index (χ0v) is 10.6. The third-order valence-corrected chi connectivity index (χ3v) is 3.93. The van der Waals surface area contributed by atoms with Crippen molar-refractivity contribution in [2.75, 3.05) is 6.54 Å². The fraction of sp³-hybridized carbons (Fsp3) is 0.143. The van der Waals surface area contributed by atoms with Gasteiger partial charge in [-0.05, 0) is 23.1 Å². The van der Waals surface area contributed by atoms with Crippen molar-refractivity contribution >= 4 is 17.3 Å². The van der Waals surface area contributed by atoms with Crippen LogP contribution < -0.4 is 0 Å². The van der Waals surface area contributed by atoms with Crippen LogP contribution in [0.4, 0.5) is 13.2 Å². The number of alkyl halides is 3. The summed E-state index contributed by atoms with van der Waals surface area (Å²) in [5, 5.41) is 2.93. The van der Waals surface area contributed by atoms with Crippen LogP contribution in [0.2, 0.25) is 0 Å². The van der Waals surface area contributed by atoms with Gasteiger partial charge in [0.2, 0.25) is 0 Å². The van der Waals surface area contributed by atoms with Gasteiger partial charge in [0.15, 0.2) is 0 Å². The second kappa shape index (κ2) is 4.49. The quantitative estimate of drug-likeness (QED) is 0.747. The Labute approximate surface area is 113 Å². The van der Waals surface area contributed by atoms with E-state index in [0.29, 0.717) is 5.56 Å². The molecule has 2 aliphatic heterocycles. The highest BCUT2D eigenvalue weighted by Gasteiger charge is 2.31. The number of halogens is 3. The third-order valence-electron chi connectivity index (χ3n) is 3.00. The minimum Gasteiger partial charge on any atom is -0.338 e. The van der Waals surface area contributed by atoms with Crippen molar-refractivity contribution in [3.05, 3.63) is 64.2 Å². The molecule has 2 heterocycles. The first-order valence-electron chi connectivity index (χ1n) is 5.74. The van der Waals surface area contributed by atoms with E-state index in [9.17, 15) is 13.2 Å². The summed E-state index contributed by atoms with van der Waals surface area (Å²) in [5.74, 6) is 0. The molecule has 0 saturated carbocycles. The molecule has 0 N–H and O–H groups in total. The summed E-state index contributed by atoms with van der Waals surface area (Å²) in [7, 11) is 0. The summed E-state index contributed by atoms with van der Waals surface area (Å²) >= 11 is 1.54. The van der Waals surface area contributed by atoms with Gasteiger partial charge in [0.25, 0.3) is 0 Å². The first-order valence-corrected chi connectivity index (χ1v) is 6.62. The van der Waals surface area contributed by atoms with E-state index >= 15 is 0 Å². The van der Waals surface area contributed by atoms with E-state index in [2.05, 4.69) is 0 Å². The van der Waals surface area contributed by atoms with Gasteiger partial charge < -0.3 is 4.90 Å². The number of rotatable bonds is 1. The summed E-state index contributed by atoms with van der Waals surface area (Å²) in [6, 6.07) is 5.46. The summed E-state index contributed by atoms with van der Waals surface area (Å²) in [6.07, 6.45) is 1.48. The molecule has 1 aromatic rings. The van der Waals surface area contributed by atoms with E-state index < -0.39 is 11.7 Å². The molecule has 0 atom stereocenters. The molecule has 0 aliphatic carbocycles. The van der Waals surface area contributed by atoms with Crippen LogP contribution in [-0.4, -0.2) is 11.4 Å². The molecule has 98 valence electrons. The predicted molar refractivity (Wildman–Crippen MR) is 70.9 cm³/mol. The summed E-state index contributed by atoms with van der Waals surface area (Å²) < 4.78 is 38.2. The molecular weight excluding hydrogens is 271 g/mol. The minimum absolute atomic E-state index is 0.599. The van der Waals surface area contributed by atoms with E-state index in [1.165, 1.54) is 23.9 Å². The molecule has 0 radical (unpaired) electrons. The molecule has 0 bridgehead atoms. The average Bonchev–Trinajstić information content (AvgIpc) is 2.86. The molecule has 0 amide bonds. The second-order valence-corrected chi connectivity index (χ2v) is 5.15. The monoisotopic (exact) mass is 281 g/mol. The number of hydrogen-bond donors (Lipinski definition) is 0. The summed E-state index contributed by atoms with van der Waals surface area (Å²) in [6.45, 7) is 0.765. The van der Waals surface area contributed by atoms with Crippen molar-refractivity contribution in [1.29, 1.82) is 0 Å². The maximum Gasteiger partial charge on any atom is 0.416 e. The molecule has 2 aliphatic rings. The highest BCUT2D eigenvalue weighted by atomic mass is 32.2. The lowest BCUT2D eigenvalue weighted by atomic mass is 10.0. The van der Waals surface area contributed by atoms with Gasteiger partial charge in [0, 0.05) is 18.3 Å². The highest BCUT2D eigenvalue weighted by Crippen LogP contribution is 2.39. The maximum absolute atomic E-state index is 12.7. The lowest BCUT2D eigenvalue weighted by Gasteiger charge is -2.22. The largest absolute Gasteiger partial charge is 0.416 e. The Balaban J connectivity index is 2.05. The normalized spacial score (nSPS) is 18.2. The highest BCUT2D eigenvalue weighted by molar-refractivity contribution is 8.06. The Bertz CT molecular complexity index is 599. The van der Waals surface area contributed by atoms with Crippen molar-refractivity contribution in [3.63, 3.8) is 0 Å². The topological polar surface area (TPSA) is 3.24 Å². The van der Waals surface area contributed by atoms with Gasteiger partial charge in [-0.25, -0.2) is 0 Å². The Hall–Kier alpha value is -1.62. The van der Waals surface area contributed by atoms with Crippen LogP contribution in [0.3, 0.4) is 0 Å². The van der Waals surface area contributed by atoms with Gasteiger partial charge in [0.05, 0.1) is 10.6 Å². The molecule has 0 fully saturated rings. The lowest BCUT2D eigenvalue weighted by Crippen LogP contribution is -2.16. The number of fused-ring (bicyclic) bond motifs is 1. The minimum atomic E-state index is -4.31. The Morgan fingerprint density at radius 1 is 1.21 bits per heavy atom. The van der Waals surface area contributed by atoms with Crippen molar-refractivity contribution in [2.45, 2.75) is 6.18 Å². The molecule has 0 spiro atoms. The van der Waals surface area contributed by atoms with Gasteiger partial charge in [-0.2, -0.15) is 13.2 Å². The van der Waals surface area contributed by atoms with E-state index in [4.69, 9.17) is 0 Å². The Morgan fingerprint density at radius 3 is 2.84 bits per heavy atom. The van der Waals surface area contributed by atoms with Crippen LogP contribution in [0.25, 0.3) is 5.57 Å². The van der Waals surface area contributed by atoms with Crippen molar-refractivity contribution in [3.8, 4) is 0 Å². The molecule has 19 heavy (non-hydrogen) atoms. The molecule has 1 nitrogen and oxygen atoms in total. The first-order chi connectivity index (χ1) is 9.05. The van der Waals surface area contributed by atoms with Gasteiger partial charge in [-0.15, -0.1) is 0 Å². The van der Waals surface area contributed by atoms with Crippen LogP contribution in [0.1, 0.15) is 11.1 Å². The number of hydrogen-bond acceptors (Lipinski definition) is 2. The average molecular weight is 281 g/mol. The zero-order valence-electron chi connectivity index (χ0n) is 9.82. The maximum atomic E-state index is 12.7. The molecule has 5 heteroatoms. The first kappa shape index (κ1) is 12.4. The van der Waals surface area contributed by atoms with Gasteiger partial charge in [-0.3, -0.25) is 0 Å². The Kier molecular flexibility index (Phi) is 2.93. The summed E-state index contributed by atoms with van der Waals surface area (Å²) in [4.78, 5) is 2.03. The van der Waals surface area contributed by atoms with Crippen molar-refractivity contribution < 1.29 is 13.2 Å². The van der Waals surface area contributed by atoms with Crippen molar-refractivity contribution in [2.24, 2.45) is 0 Å². The van der Waals surface area contributed by atoms with Crippen LogP contribution in [-0.2, 0) is 6.18 Å². The van der Waals surface area contributed by atoms with Crippen LogP contribution >= 0.6 is 11.8 Å². The number of thioether (sulfide) groups is 1. The number of benzene rings is 1. The molecule has 3 rings (SSSR count). The van der Waals surface area contributed by atoms with Gasteiger partial charge >= 0.3 is 6.18 Å². The third kappa shape index (κ3) is 2.30. The molecule has 0 saturated heterocycles. The fourth-order valence-electron chi connectivity index (χ4n) is 2.10. The van der Waals surface area contributed by atoms with Crippen LogP contribution in [0.5, 0.6) is 0 Å². The molecule has 0 aromatic heterocycles. The smallest absolute Gasteiger partial charge is 0.338 e. The molecule has 0 unspecified atom stereocenters. The van der Waals surface area contributed by atoms with E-state index in [0.717, 1.165) is 23.2 Å². The van der Waals surface area contributed by atoms with Crippen LogP contribution in [0.15, 0.2) is 53.1 Å². The Morgan fingerprint density at radius 2 is 2.05 bits per heavy atom. The number of allylic oxidation sites excluding steroid dienone is 2. The van der Waals surface area contributed by atoms with E-state index in [1.807, 2.05) is 28.7 Å². The van der Waals surface area contributed by atoms with Crippen molar-refractivity contribution in [1.82, 2.24) is 4.90 Å². The lowest BCUT2D eigenvalue weighted by molar-refractivity contribution is -0.137.